The molecule has 0 aliphatic rings. The lowest BCUT2D eigenvalue weighted by Gasteiger charge is -2.10. The molecule has 0 saturated carbocycles. The second-order valence-electron chi connectivity index (χ2n) is 3.97. The molecular formula is C13H14N4O4. The van der Waals surface area contributed by atoms with Crippen molar-refractivity contribution < 1.29 is 14.4 Å². The molecule has 0 unspecified atom stereocenters. The van der Waals surface area contributed by atoms with E-state index in [1.807, 2.05) is 6.92 Å². The van der Waals surface area contributed by atoms with Crippen LogP contribution in [0.4, 0.5) is 11.5 Å². The summed E-state index contributed by atoms with van der Waals surface area (Å²) in [5, 5.41) is 13.8. The Morgan fingerprint density at radius 2 is 2.10 bits per heavy atom. The number of nitro groups is 1. The molecule has 0 aliphatic carbocycles. The van der Waals surface area contributed by atoms with Crippen molar-refractivity contribution in [2.75, 3.05) is 19.0 Å². The zero-order chi connectivity index (χ0) is 15.2. The smallest absolute Gasteiger partial charge is 0.273 e. The molecule has 0 amide bonds. The molecule has 8 heteroatoms. The van der Waals surface area contributed by atoms with Gasteiger partial charge in [0.25, 0.3) is 5.69 Å². The van der Waals surface area contributed by atoms with Crippen LogP contribution in [0.25, 0.3) is 0 Å². The van der Waals surface area contributed by atoms with Gasteiger partial charge in [-0.2, -0.15) is 0 Å². The van der Waals surface area contributed by atoms with Gasteiger partial charge in [-0.15, -0.1) is 0 Å². The van der Waals surface area contributed by atoms with Gasteiger partial charge >= 0.3 is 0 Å². The molecule has 0 bridgehead atoms. The van der Waals surface area contributed by atoms with Crippen LogP contribution in [0.5, 0.6) is 17.4 Å². The van der Waals surface area contributed by atoms with E-state index in [1.165, 1.54) is 31.6 Å². The predicted molar refractivity (Wildman–Crippen MR) is 75.9 cm³/mol. The standard InChI is InChI=1S/C13H14N4O4/c1-3-14-12-7-13(16-8-15-12)21-11-6-9(17(18)19)4-5-10(11)20-2/h4-8H,3H2,1-2H3,(H,14,15,16). The molecule has 2 aromatic rings. The Hall–Kier alpha value is -2.90. The Balaban J connectivity index is 2.31. The lowest BCUT2D eigenvalue weighted by molar-refractivity contribution is -0.384. The van der Waals surface area contributed by atoms with Gasteiger partial charge in [0, 0.05) is 18.7 Å². The van der Waals surface area contributed by atoms with Crippen molar-refractivity contribution in [3.63, 3.8) is 0 Å². The van der Waals surface area contributed by atoms with Crippen molar-refractivity contribution >= 4 is 11.5 Å². The molecule has 8 nitrogen and oxygen atoms in total. The predicted octanol–water partition coefficient (Wildman–Crippen LogP) is 2.62. The molecule has 1 N–H and O–H groups in total. The van der Waals surface area contributed by atoms with Gasteiger partial charge in [-0.1, -0.05) is 0 Å². The summed E-state index contributed by atoms with van der Waals surface area (Å²) in [6, 6.07) is 5.70. The van der Waals surface area contributed by atoms with E-state index in [4.69, 9.17) is 9.47 Å². The minimum absolute atomic E-state index is 0.0910. The summed E-state index contributed by atoms with van der Waals surface area (Å²) >= 11 is 0. The average molecular weight is 290 g/mol. The molecular weight excluding hydrogens is 276 g/mol. The minimum Gasteiger partial charge on any atom is -0.493 e. The van der Waals surface area contributed by atoms with E-state index in [0.29, 0.717) is 18.1 Å². The fourth-order valence-corrected chi connectivity index (χ4v) is 1.64. The lowest BCUT2D eigenvalue weighted by atomic mass is 10.3. The van der Waals surface area contributed by atoms with Crippen molar-refractivity contribution in [3.8, 4) is 17.4 Å². The van der Waals surface area contributed by atoms with E-state index in [0.717, 1.165) is 0 Å². The van der Waals surface area contributed by atoms with Crippen molar-refractivity contribution in [2.24, 2.45) is 0 Å². The highest BCUT2D eigenvalue weighted by Gasteiger charge is 2.14. The number of rotatable bonds is 6. The molecule has 0 spiro atoms. The van der Waals surface area contributed by atoms with E-state index in [9.17, 15) is 10.1 Å². The summed E-state index contributed by atoms with van der Waals surface area (Å²) in [6.07, 6.45) is 1.34. The van der Waals surface area contributed by atoms with Crippen LogP contribution in [-0.4, -0.2) is 28.5 Å². The number of anilines is 1. The third-order valence-electron chi connectivity index (χ3n) is 2.57. The van der Waals surface area contributed by atoms with Gasteiger partial charge < -0.3 is 14.8 Å². The third-order valence-corrected chi connectivity index (χ3v) is 2.57. The second-order valence-corrected chi connectivity index (χ2v) is 3.97. The number of hydrogen-bond acceptors (Lipinski definition) is 7. The van der Waals surface area contributed by atoms with Crippen molar-refractivity contribution in [1.82, 2.24) is 9.97 Å². The summed E-state index contributed by atoms with van der Waals surface area (Å²) in [4.78, 5) is 18.3. The van der Waals surface area contributed by atoms with Crippen LogP contribution in [0.1, 0.15) is 6.92 Å². The molecule has 21 heavy (non-hydrogen) atoms. The summed E-state index contributed by atoms with van der Waals surface area (Å²) in [7, 11) is 1.46. The highest BCUT2D eigenvalue weighted by atomic mass is 16.6. The Kier molecular flexibility index (Phi) is 4.50. The van der Waals surface area contributed by atoms with E-state index < -0.39 is 4.92 Å². The highest BCUT2D eigenvalue weighted by Crippen LogP contribution is 2.34. The number of non-ortho nitro benzene ring substituents is 1. The van der Waals surface area contributed by atoms with Crippen molar-refractivity contribution in [2.45, 2.75) is 6.92 Å². The van der Waals surface area contributed by atoms with E-state index in [1.54, 1.807) is 6.07 Å². The van der Waals surface area contributed by atoms with E-state index in [2.05, 4.69) is 15.3 Å². The first-order valence-electron chi connectivity index (χ1n) is 6.20. The number of aromatic nitrogens is 2. The molecule has 0 aliphatic heterocycles. The Morgan fingerprint density at radius 1 is 1.29 bits per heavy atom. The maximum atomic E-state index is 10.8. The Morgan fingerprint density at radius 3 is 2.76 bits per heavy atom. The van der Waals surface area contributed by atoms with Crippen LogP contribution < -0.4 is 14.8 Å². The largest absolute Gasteiger partial charge is 0.493 e. The highest BCUT2D eigenvalue weighted by molar-refractivity contribution is 5.50. The first-order chi connectivity index (χ1) is 10.1. The molecule has 1 aromatic heterocycles. The number of benzene rings is 1. The Bertz CT molecular complexity index is 648. The molecule has 110 valence electrons. The molecule has 2 rings (SSSR count). The first kappa shape index (κ1) is 14.5. The molecule has 0 saturated heterocycles. The van der Waals surface area contributed by atoms with E-state index in [-0.39, 0.29) is 17.3 Å². The van der Waals surface area contributed by atoms with Crippen LogP contribution in [0, 0.1) is 10.1 Å². The summed E-state index contributed by atoms with van der Waals surface area (Å²) in [5.41, 5.74) is -0.0910. The molecule has 1 heterocycles. The SMILES string of the molecule is CCNc1cc(Oc2cc([N+](=O)[O-])ccc2OC)ncn1. The molecule has 0 fully saturated rings. The van der Waals surface area contributed by atoms with Gasteiger partial charge in [-0.05, 0) is 13.0 Å². The maximum Gasteiger partial charge on any atom is 0.273 e. The van der Waals surface area contributed by atoms with Gasteiger partial charge in [0.15, 0.2) is 11.5 Å². The van der Waals surface area contributed by atoms with Crippen LogP contribution in [0.3, 0.4) is 0 Å². The van der Waals surface area contributed by atoms with Gasteiger partial charge in [0.2, 0.25) is 5.88 Å². The second kappa shape index (κ2) is 6.51. The van der Waals surface area contributed by atoms with Gasteiger partial charge in [0.05, 0.1) is 18.1 Å². The minimum atomic E-state index is -0.504. The van der Waals surface area contributed by atoms with Crippen molar-refractivity contribution in [3.05, 3.63) is 40.7 Å². The number of hydrogen-bond donors (Lipinski definition) is 1. The van der Waals surface area contributed by atoms with Crippen LogP contribution in [0.2, 0.25) is 0 Å². The molecule has 0 atom stereocenters. The van der Waals surface area contributed by atoms with Crippen molar-refractivity contribution in [1.29, 1.82) is 0 Å². The van der Waals surface area contributed by atoms with Crippen LogP contribution in [0.15, 0.2) is 30.6 Å². The number of methoxy groups -OCH3 is 1. The van der Waals surface area contributed by atoms with Crippen LogP contribution >= 0.6 is 0 Å². The number of nitrogens with zero attached hydrogens (tertiary/aromatic N) is 3. The summed E-state index contributed by atoms with van der Waals surface area (Å²) in [6.45, 7) is 2.64. The maximum absolute atomic E-state index is 10.8. The van der Waals surface area contributed by atoms with Gasteiger partial charge in [-0.25, -0.2) is 9.97 Å². The summed E-state index contributed by atoms with van der Waals surface area (Å²) < 4.78 is 10.7. The zero-order valence-electron chi connectivity index (χ0n) is 11.6. The fraction of sp³-hybridized carbons (Fsp3) is 0.231. The average Bonchev–Trinajstić information content (AvgIpc) is 2.48. The van der Waals surface area contributed by atoms with Gasteiger partial charge in [-0.3, -0.25) is 10.1 Å². The number of ether oxygens (including phenoxy) is 2. The number of nitro benzene ring substituents is 1. The van der Waals surface area contributed by atoms with Gasteiger partial charge in [0.1, 0.15) is 12.1 Å². The monoisotopic (exact) mass is 290 g/mol. The lowest BCUT2D eigenvalue weighted by Crippen LogP contribution is -2.00. The third kappa shape index (κ3) is 3.56. The summed E-state index contributed by atoms with van der Waals surface area (Å²) in [5.74, 6) is 1.46. The Labute approximate surface area is 120 Å². The van der Waals surface area contributed by atoms with E-state index >= 15 is 0 Å². The topological polar surface area (TPSA) is 99.4 Å². The van der Waals surface area contributed by atoms with Crippen LogP contribution in [-0.2, 0) is 0 Å². The quantitative estimate of drug-likeness (QED) is 0.644. The zero-order valence-corrected chi connectivity index (χ0v) is 11.6. The fourth-order valence-electron chi connectivity index (χ4n) is 1.64. The first-order valence-corrected chi connectivity index (χ1v) is 6.20. The molecule has 0 radical (unpaired) electrons. The molecule has 1 aromatic carbocycles. The number of nitrogens with one attached hydrogen (secondary N) is 1. The normalized spacial score (nSPS) is 10.0.